The summed E-state index contributed by atoms with van der Waals surface area (Å²) in [7, 11) is 0. The molecule has 0 unspecified atom stereocenters. The van der Waals surface area contributed by atoms with Gasteiger partial charge in [-0.1, -0.05) is 11.8 Å². The fourth-order valence-electron chi connectivity index (χ4n) is 0.277. The van der Waals surface area contributed by atoms with E-state index in [2.05, 4.69) is 4.18 Å². The standard InChI is InChI=1S/C5H7F3O2S2/c1-2-10-12-3-11-4(9)5(6,7)8/h2-3H2,1H3. The fourth-order valence-corrected chi connectivity index (χ4v) is 1.50. The minimum absolute atomic E-state index is 0.0355. The number of carbonyl (C=O) groups is 1. The number of hydrogen-bond donors (Lipinski definition) is 0. The van der Waals surface area contributed by atoms with Crippen LogP contribution in [0, 0.1) is 0 Å². The Kier molecular flexibility index (Phi) is 5.77. The summed E-state index contributed by atoms with van der Waals surface area (Å²) in [6.45, 7) is 2.12. The molecular weight excluding hydrogens is 213 g/mol. The molecule has 0 aromatic rings. The molecule has 0 fully saturated rings. The smallest absolute Gasteiger partial charge is 0.315 e. The minimum Gasteiger partial charge on any atom is -0.315 e. The molecule has 0 aliphatic heterocycles. The molecule has 0 bridgehead atoms. The van der Waals surface area contributed by atoms with Gasteiger partial charge in [-0.05, 0) is 6.92 Å². The van der Waals surface area contributed by atoms with Crippen molar-refractivity contribution in [3.05, 3.63) is 0 Å². The van der Waals surface area contributed by atoms with E-state index in [-0.39, 0.29) is 16.8 Å². The Bertz CT molecular complexity index is 148. The Labute approximate surface area is 76.4 Å². The first kappa shape index (κ1) is 12.1. The molecule has 0 aromatic heterocycles. The molecule has 0 atom stereocenters. The first-order valence-corrected chi connectivity index (χ1v) is 4.86. The molecule has 0 heterocycles. The lowest BCUT2D eigenvalue weighted by atomic mass is 10.8. The summed E-state index contributed by atoms with van der Waals surface area (Å²) in [5, 5.41) is -1.82. The molecule has 0 aliphatic rings. The van der Waals surface area contributed by atoms with Crippen LogP contribution in [-0.2, 0) is 8.98 Å². The molecule has 0 saturated heterocycles. The number of halogens is 3. The number of alkyl halides is 3. The van der Waals surface area contributed by atoms with Gasteiger partial charge in [0.15, 0.2) is 0 Å². The second kappa shape index (κ2) is 5.71. The SMILES string of the molecule is CCOSCSC(=O)C(F)(F)F. The highest BCUT2D eigenvalue weighted by molar-refractivity contribution is 8.22. The maximum absolute atomic E-state index is 11.5. The fraction of sp³-hybridized carbons (Fsp3) is 0.800. The Hall–Kier alpha value is 0.120. The first-order valence-electron chi connectivity index (χ1n) is 2.96. The summed E-state index contributed by atoms with van der Waals surface area (Å²) in [4.78, 5) is 10.2. The van der Waals surface area contributed by atoms with Crippen molar-refractivity contribution >= 4 is 28.9 Å². The molecule has 0 radical (unpaired) electrons. The van der Waals surface area contributed by atoms with Crippen LogP contribution in [0.5, 0.6) is 0 Å². The van der Waals surface area contributed by atoms with Crippen molar-refractivity contribution in [2.75, 3.05) is 11.7 Å². The van der Waals surface area contributed by atoms with Gasteiger partial charge >= 0.3 is 6.18 Å². The van der Waals surface area contributed by atoms with Gasteiger partial charge in [0, 0.05) is 12.0 Å². The van der Waals surface area contributed by atoms with E-state index >= 15 is 0 Å². The molecule has 0 rings (SSSR count). The van der Waals surface area contributed by atoms with Crippen molar-refractivity contribution in [1.82, 2.24) is 0 Å². The predicted molar refractivity (Wildman–Crippen MR) is 42.7 cm³/mol. The van der Waals surface area contributed by atoms with Gasteiger partial charge in [0.2, 0.25) is 0 Å². The Balaban J connectivity index is 3.45. The Morgan fingerprint density at radius 3 is 2.50 bits per heavy atom. The van der Waals surface area contributed by atoms with Gasteiger partial charge in [-0.2, -0.15) is 13.2 Å². The summed E-state index contributed by atoms with van der Waals surface area (Å²) in [5.41, 5.74) is 0. The number of carbonyl (C=O) groups excluding carboxylic acids is 1. The molecule has 0 saturated carbocycles. The Morgan fingerprint density at radius 2 is 2.08 bits per heavy atom. The monoisotopic (exact) mass is 220 g/mol. The zero-order chi connectivity index (χ0) is 9.61. The van der Waals surface area contributed by atoms with Crippen LogP contribution in [-0.4, -0.2) is 23.0 Å². The highest BCUT2D eigenvalue weighted by Crippen LogP contribution is 2.25. The van der Waals surface area contributed by atoms with Crippen molar-refractivity contribution in [2.24, 2.45) is 0 Å². The topological polar surface area (TPSA) is 26.3 Å². The summed E-state index contributed by atoms with van der Waals surface area (Å²) in [6, 6.07) is 0. The van der Waals surface area contributed by atoms with Crippen molar-refractivity contribution in [3.63, 3.8) is 0 Å². The zero-order valence-corrected chi connectivity index (χ0v) is 7.81. The van der Waals surface area contributed by atoms with Crippen molar-refractivity contribution < 1.29 is 22.1 Å². The van der Waals surface area contributed by atoms with Gasteiger partial charge in [-0.25, -0.2) is 0 Å². The van der Waals surface area contributed by atoms with E-state index in [4.69, 9.17) is 0 Å². The second-order valence-corrected chi connectivity index (χ2v) is 3.65. The van der Waals surface area contributed by atoms with Gasteiger partial charge in [0.1, 0.15) is 0 Å². The molecule has 0 amide bonds. The van der Waals surface area contributed by atoms with Crippen molar-refractivity contribution in [1.29, 1.82) is 0 Å². The van der Waals surface area contributed by atoms with Crippen LogP contribution in [0.3, 0.4) is 0 Å². The van der Waals surface area contributed by atoms with Crippen LogP contribution >= 0.6 is 23.8 Å². The third kappa shape index (κ3) is 5.73. The molecule has 72 valence electrons. The average molecular weight is 220 g/mol. The lowest BCUT2D eigenvalue weighted by Crippen LogP contribution is -2.19. The van der Waals surface area contributed by atoms with E-state index in [1.165, 1.54) is 0 Å². The van der Waals surface area contributed by atoms with Crippen LogP contribution in [0.25, 0.3) is 0 Å². The normalized spacial score (nSPS) is 11.7. The molecule has 7 heteroatoms. The number of thioether (sulfide) groups is 1. The summed E-state index contributed by atoms with van der Waals surface area (Å²) < 4.78 is 39.3. The third-order valence-electron chi connectivity index (χ3n) is 0.671. The maximum Gasteiger partial charge on any atom is 0.460 e. The highest BCUT2D eigenvalue weighted by atomic mass is 32.2. The van der Waals surface area contributed by atoms with Crippen LogP contribution in [0.4, 0.5) is 13.2 Å². The van der Waals surface area contributed by atoms with E-state index in [9.17, 15) is 18.0 Å². The van der Waals surface area contributed by atoms with E-state index in [1.54, 1.807) is 6.92 Å². The molecule has 12 heavy (non-hydrogen) atoms. The third-order valence-corrected chi connectivity index (χ3v) is 2.42. The molecule has 0 aliphatic carbocycles. The largest absolute Gasteiger partial charge is 0.460 e. The molecule has 0 aromatic carbocycles. The second-order valence-electron chi connectivity index (χ2n) is 1.57. The summed E-state index contributed by atoms with van der Waals surface area (Å²) in [5.74, 6) is 0. The average Bonchev–Trinajstić information content (AvgIpc) is 1.96. The van der Waals surface area contributed by atoms with Gasteiger partial charge in [0.25, 0.3) is 5.12 Å². The van der Waals surface area contributed by atoms with E-state index in [1.807, 2.05) is 0 Å². The summed E-state index contributed by atoms with van der Waals surface area (Å²) >= 11 is 1.04. The van der Waals surface area contributed by atoms with Gasteiger partial charge in [0.05, 0.1) is 11.7 Å². The maximum atomic E-state index is 11.5. The van der Waals surface area contributed by atoms with Crippen molar-refractivity contribution in [2.45, 2.75) is 13.1 Å². The van der Waals surface area contributed by atoms with Crippen LogP contribution < -0.4 is 0 Å². The minimum atomic E-state index is -4.74. The number of hydrogen-bond acceptors (Lipinski definition) is 4. The van der Waals surface area contributed by atoms with Gasteiger partial charge in [-0.15, -0.1) is 0 Å². The Morgan fingerprint density at radius 1 is 1.50 bits per heavy atom. The number of rotatable bonds is 4. The van der Waals surface area contributed by atoms with Gasteiger partial charge in [-0.3, -0.25) is 4.79 Å². The molecule has 2 nitrogen and oxygen atoms in total. The predicted octanol–water partition coefficient (Wildman–Crippen LogP) is 2.45. The summed E-state index contributed by atoms with van der Waals surface area (Å²) in [6.07, 6.45) is -4.74. The van der Waals surface area contributed by atoms with E-state index in [0.717, 1.165) is 12.0 Å². The van der Waals surface area contributed by atoms with Crippen LogP contribution in [0.2, 0.25) is 0 Å². The quantitative estimate of drug-likeness (QED) is 0.413. The zero-order valence-electron chi connectivity index (χ0n) is 6.18. The van der Waals surface area contributed by atoms with E-state index in [0.29, 0.717) is 6.61 Å². The van der Waals surface area contributed by atoms with Crippen LogP contribution in [0.15, 0.2) is 0 Å². The van der Waals surface area contributed by atoms with Crippen LogP contribution in [0.1, 0.15) is 6.92 Å². The van der Waals surface area contributed by atoms with E-state index < -0.39 is 11.3 Å². The lowest BCUT2D eigenvalue weighted by Gasteiger charge is -2.02. The van der Waals surface area contributed by atoms with Crippen molar-refractivity contribution in [3.8, 4) is 0 Å². The first-order chi connectivity index (χ1) is 5.48. The highest BCUT2D eigenvalue weighted by Gasteiger charge is 2.38. The lowest BCUT2D eigenvalue weighted by molar-refractivity contribution is -0.160. The molecular formula is C5H7F3O2S2. The molecule has 0 spiro atoms. The van der Waals surface area contributed by atoms with Gasteiger partial charge < -0.3 is 4.18 Å². The molecule has 0 N–H and O–H groups in total.